The molecular formula is C6H12N2O2. The quantitative estimate of drug-likeness (QED) is 0.486. The molecule has 0 fully saturated rings. The normalized spacial score (nSPS) is 15.9. The van der Waals surface area contributed by atoms with Gasteiger partial charge in [-0.05, 0) is 6.92 Å². The molecule has 58 valence electrons. The Kier molecular flexibility index (Phi) is 3.83. The number of hydrogen-bond acceptors (Lipinski definition) is 4. The minimum Gasteiger partial charge on any atom is -0.322 e. The molecule has 0 amide bonds. The molecule has 0 spiro atoms. The van der Waals surface area contributed by atoms with Crippen LogP contribution in [0.15, 0.2) is 0 Å². The SMILES string of the molecule is CC(N)C(=O)C(N)CC=O. The zero-order valence-corrected chi connectivity index (χ0v) is 5.91. The summed E-state index contributed by atoms with van der Waals surface area (Å²) in [4.78, 5) is 20.7. The first-order valence-corrected chi connectivity index (χ1v) is 3.08. The Bertz CT molecular complexity index is 134. The largest absolute Gasteiger partial charge is 0.322 e. The molecule has 0 radical (unpaired) electrons. The van der Waals surface area contributed by atoms with E-state index in [0.717, 1.165) is 0 Å². The van der Waals surface area contributed by atoms with Crippen LogP contribution in [0.5, 0.6) is 0 Å². The minimum atomic E-state index is -0.725. The van der Waals surface area contributed by atoms with Crippen molar-refractivity contribution in [3.63, 3.8) is 0 Å². The Morgan fingerprint density at radius 3 is 2.40 bits per heavy atom. The maximum absolute atomic E-state index is 10.8. The van der Waals surface area contributed by atoms with Gasteiger partial charge < -0.3 is 16.3 Å². The smallest absolute Gasteiger partial charge is 0.166 e. The predicted molar refractivity (Wildman–Crippen MR) is 37.3 cm³/mol. The fourth-order valence-electron chi connectivity index (χ4n) is 0.557. The van der Waals surface area contributed by atoms with Crippen molar-refractivity contribution in [1.29, 1.82) is 0 Å². The molecule has 10 heavy (non-hydrogen) atoms. The molecule has 0 rings (SSSR count). The summed E-state index contributed by atoms with van der Waals surface area (Å²) in [6, 6.07) is -1.30. The van der Waals surface area contributed by atoms with Crippen molar-refractivity contribution in [2.24, 2.45) is 11.5 Å². The maximum Gasteiger partial charge on any atom is 0.166 e. The van der Waals surface area contributed by atoms with Crippen LogP contribution in [-0.4, -0.2) is 24.2 Å². The number of carbonyl (C=O) groups excluding carboxylic acids is 2. The van der Waals surface area contributed by atoms with Crippen molar-refractivity contribution in [2.75, 3.05) is 0 Å². The molecule has 2 atom stereocenters. The van der Waals surface area contributed by atoms with Gasteiger partial charge in [0.1, 0.15) is 6.29 Å². The van der Waals surface area contributed by atoms with Gasteiger partial charge in [-0.15, -0.1) is 0 Å². The van der Waals surface area contributed by atoms with E-state index in [1.807, 2.05) is 0 Å². The van der Waals surface area contributed by atoms with Crippen LogP contribution in [0, 0.1) is 0 Å². The first-order chi connectivity index (χ1) is 4.59. The van der Waals surface area contributed by atoms with E-state index in [0.29, 0.717) is 6.29 Å². The number of hydrogen-bond donors (Lipinski definition) is 2. The summed E-state index contributed by atoms with van der Waals surface area (Å²) in [6.45, 7) is 1.55. The lowest BCUT2D eigenvalue weighted by Gasteiger charge is -2.08. The molecule has 4 N–H and O–H groups in total. The number of ketones is 1. The highest BCUT2D eigenvalue weighted by Gasteiger charge is 2.15. The zero-order valence-electron chi connectivity index (χ0n) is 5.91. The van der Waals surface area contributed by atoms with Crippen LogP contribution < -0.4 is 11.5 Å². The second-order valence-corrected chi connectivity index (χ2v) is 2.20. The van der Waals surface area contributed by atoms with Crippen LogP contribution in [0.3, 0.4) is 0 Å². The van der Waals surface area contributed by atoms with Gasteiger partial charge in [0.15, 0.2) is 5.78 Å². The Morgan fingerprint density at radius 1 is 1.60 bits per heavy atom. The molecule has 0 aliphatic heterocycles. The van der Waals surface area contributed by atoms with Gasteiger partial charge in [-0.3, -0.25) is 4.79 Å². The van der Waals surface area contributed by atoms with Gasteiger partial charge in [-0.25, -0.2) is 0 Å². The van der Waals surface area contributed by atoms with Crippen molar-refractivity contribution in [3.8, 4) is 0 Å². The standard InChI is InChI=1S/C6H12N2O2/c1-4(7)6(10)5(8)2-3-9/h3-5H,2,7-8H2,1H3. The summed E-state index contributed by atoms with van der Waals surface area (Å²) in [5, 5.41) is 0. The summed E-state index contributed by atoms with van der Waals surface area (Å²) < 4.78 is 0. The minimum absolute atomic E-state index is 0.0559. The maximum atomic E-state index is 10.8. The average Bonchev–Trinajstić information content (AvgIpc) is 1.87. The van der Waals surface area contributed by atoms with Gasteiger partial charge in [0, 0.05) is 6.42 Å². The van der Waals surface area contributed by atoms with Crippen molar-refractivity contribution >= 4 is 12.1 Å². The highest BCUT2D eigenvalue weighted by molar-refractivity contribution is 5.89. The van der Waals surface area contributed by atoms with Gasteiger partial charge >= 0.3 is 0 Å². The highest BCUT2D eigenvalue weighted by atomic mass is 16.1. The third kappa shape index (κ3) is 2.70. The topological polar surface area (TPSA) is 86.2 Å². The molecule has 4 nitrogen and oxygen atoms in total. The highest BCUT2D eigenvalue weighted by Crippen LogP contribution is 1.89. The van der Waals surface area contributed by atoms with Crippen LogP contribution in [0.4, 0.5) is 0 Å². The summed E-state index contributed by atoms with van der Waals surface area (Å²) in [5.41, 5.74) is 10.5. The Morgan fingerprint density at radius 2 is 2.10 bits per heavy atom. The molecule has 0 aromatic heterocycles. The molecule has 0 aliphatic carbocycles. The Labute approximate surface area is 59.6 Å². The van der Waals surface area contributed by atoms with E-state index in [-0.39, 0.29) is 12.2 Å². The summed E-state index contributed by atoms with van der Waals surface area (Å²) >= 11 is 0. The number of nitrogens with two attached hydrogens (primary N) is 2. The van der Waals surface area contributed by atoms with E-state index < -0.39 is 12.1 Å². The number of rotatable bonds is 4. The lowest BCUT2D eigenvalue weighted by molar-refractivity contribution is -0.122. The second kappa shape index (κ2) is 4.14. The molecule has 0 heterocycles. The van der Waals surface area contributed by atoms with Gasteiger partial charge in [0.05, 0.1) is 12.1 Å². The monoisotopic (exact) mass is 144 g/mol. The lowest BCUT2D eigenvalue weighted by atomic mass is 10.1. The van der Waals surface area contributed by atoms with Crippen LogP contribution >= 0.6 is 0 Å². The first kappa shape index (κ1) is 9.26. The predicted octanol–water partition coefficient (Wildman–Crippen LogP) is -1.18. The molecule has 0 saturated carbocycles. The fraction of sp³-hybridized carbons (Fsp3) is 0.667. The molecular weight excluding hydrogens is 132 g/mol. The molecule has 0 aromatic carbocycles. The first-order valence-electron chi connectivity index (χ1n) is 3.08. The summed E-state index contributed by atoms with van der Waals surface area (Å²) in [6.07, 6.45) is 0.672. The fourth-order valence-corrected chi connectivity index (χ4v) is 0.557. The van der Waals surface area contributed by atoms with Gasteiger partial charge in [0.2, 0.25) is 0 Å². The van der Waals surface area contributed by atoms with Crippen LogP contribution in [-0.2, 0) is 9.59 Å². The molecule has 0 aliphatic rings. The van der Waals surface area contributed by atoms with Gasteiger partial charge in [-0.1, -0.05) is 0 Å². The van der Waals surface area contributed by atoms with E-state index in [2.05, 4.69) is 0 Å². The number of carbonyl (C=O) groups is 2. The van der Waals surface area contributed by atoms with E-state index >= 15 is 0 Å². The number of Topliss-reactive ketones (excluding diaryl/α,β-unsaturated/α-hetero) is 1. The Balaban J connectivity index is 3.81. The summed E-state index contributed by atoms with van der Waals surface area (Å²) in [7, 11) is 0. The lowest BCUT2D eigenvalue weighted by Crippen LogP contribution is -2.41. The van der Waals surface area contributed by atoms with Crippen molar-refractivity contribution < 1.29 is 9.59 Å². The van der Waals surface area contributed by atoms with Crippen molar-refractivity contribution in [1.82, 2.24) is 0 Å². The van der Waals surface area contributed by atoms with Crippen LogP contribution in [0.1, 0.15) is 13.3 Å². The van der Waals surface area contributed by atoms with Crippen molar-refractivity contribution in [3.05, 3.63) is 0 Å². The third-order valence-electron chi connectivity index (χ3n) is 1.16. The van der Waals surface area contributed by atoms with Gasteiger partial charge in [-0.2, -0.15) is 0 Å². The zero-order chi connectivity index (χ0) is 8.15. The number of aldehydes is 1. The van der Waals surface area contributed by atoms with Gasteiger partial charge in [0.25, 0.3) is 0 Å². The third-order valence-corrected chi connectivity index (χ3v) is 1.16. The molecule has 0 bridgehead atoms. The molecule has 0 saturated heterocycles. The van der Waals surface area contributed by atoms with Crippen LogP contribution in [0.2, 0.25) is 0 Å². The van der Waals surface area contributed by atoms with Crippen molar-refractivity contribution in [2.45, 2.75) is 25.4 Å². The second-order valence-electron chi connectivity index (χ2n) is 2.20. The Hall–Kier alpha value is -0.740. The molecule has 2 unspecified atom stereocenters. The molecule has 4 heteroatoms. The van der Waals surface area contributed by atoms with E-state index in [9.17, 15) is 9.59 Å². The molecule has 0 aromatic rings. The van der Waals surface area contributed by atoms with E-state index in [1.165, 1.54) is 0 Å². The van der Waals surface area contributed by atoms with E-state index in [4.69, 9.17) is 11.5 Å². The summed E-state index contributed by atoms with van der Waals surface area (Å²) in [5.74, 6) is -0.271. The van der Waals surface area contributed by atoms with Crippen LogP contribution in [0.25, 0.3) is 0 Å². The van der Waals surface area contributed by atoms with E-state index in [1.54, 1.807) is 6.92 Å². The average molecular weight is 144 g/mol.